The third kappa shape index (κ3) is 3.61. The van der Waals surface area contributed by atoms with Crippen molar-refractivity contribution in [2.24, 2.45) is 5.92 Å². The van der Waals surface area contributed by atoms with Crippen molar-refractivity contribution < 1.29 is 4.79 Å². The molecule has 1 fully saturated rings. The molecule has 9 heteroatoms. The van der Waals surface area contributed by atoms with E-state index in [1.54, 1.807) is 6.92 Å². The van der Waals surface area contributed by atoms with Crippen molar-refractivity contribution in [2.75, 3.05) is 42.9 Å². The molecule has 3 heterocycles. The molecule has 0 unspecified atom stereocenters. The minimum atomic E-state index is 0.113. The summed E-state index contributed by atoms with van der Waals surface area (Å²) in [5.74, 6) is 2.03. The van der Waals surface area contributed by atoms with Crippen molar-refractivity contribution in [1.82, 2.24) is 24.8 Å². The lowest BCUT2D eigenvalue weighted by atomic mass is 10.2. The van der Waals surface area contributed by atoms with Gasteiger partial charge in [-0.3, -0.25) is 4.79 Å². The number of rotatable bonds is 4. The van der Waals surface area contributed by atoms with Gasteiger partial charge in [-0.05, 0) is 21.8 Å². The molecule has 1 aliphatic rings. The van der Waals surface area contributed by atoms with E-state index in [0.717, 1.165) is 31.0 Å². The van der Waals surface area contributed by atoms with Crippen LogP contribution in [0.3, 0.4) is 0 Å². The van der Waals surface area contributed by atoms with Crippen LogP contribution >= 0.6 is 15.9 Å². The van der Waals surface area contributed by atoms with Crippen molar-refractivity contribution in [3.05, 3.63) is 4.73 Å². The van der Waals surface area contributed by atoms with Gasteiger partial charge < -0.3 is 20.1 Å². The third-order valence-corrected chi connectivity index (χ3v) is 4.37. The number of anilines is 2. The highest BCUT2D eigenvalue weighted by molar-refractivity contribution is 9.10. The summed E-state index contributed by atoms with van der Waals surface area (Å²) in [7, 11) is 0. The van der Waals surface area contributed by atoms with Crippen LogP contribution in [0.1, 0.15) is 20.8 Å². The van der Waals surface area contributed by atoms with Crippen LogP contribution in [-0.4, -0.2) is 63.5 Å². The zero-order valence-corrected chi connectivity index (χ0v) is 15.7. The molecule has 24 heavy (non-hydrogen) atoms. The number of aromatic amines is 1. The van der Waals surface area contributed by atoms with E-state index in [1.807, 2.05) is 4.90 Å². The van der Waals surface area contributed by atoms with E-state index >= 15 is 0 Å². The van der Waals surface area contributed by atoms with E-state index < -0.39 is 0 Å². The van der Waals surface area contributed by atoms with Gasteiger partial charge in [-0.25, -0.2) is 4.98 Å². The maximum atomic E-state index is 11.5. The maximum Gasteiger partial charge on any atom is 0.229 e. The first kappa shape index (κ1) is 16.9. The molecule has 0 atom stereocenters. The molecule has 8 nitrogen and oxygen atoms in total. The summed E-state index contributed by atoms with van der Waals surface area (Å²) in [5.41, 5.74) is 1.43. The Kier molecular flexibility index (Phi) is 4.88. The van der Waals surface area contributed by atoms with Gasteiger partial charge in [0.1, 0.15) is 5.52 Å². The number of aromatic nitrogens is 4. The van der Waals surface area contributed by atoms with Gasteiger partial charge in [-0.2, -0.15) is 9.97 Å². The molecular formula is C15H22BrN7O. The Hall–Kier alpha value is -1.90. The lowest BCUT2D eigenvalue weighted by molar-refractivity contribution is -0.129. The number of amides is 1. The summed E-state index contributed by atoms with van der Waals surface area (Å²) in [6.45, 7) is 9.55. The first-order chi connectivity index (χ1) is 11.4. The zero-order chi connectivity index (χ0) is 17.3. The Morgan fingerprint density at radius 3 is 2.58 bits per heavy atom. The number of piperazine rings is 1. The summed E-state index contributed by atoms with van der Waals surface area (Å²) in [6, 6.07) is 0. The van der Waals surface area contributed by atoms with Crippen molar-refractivity contribution in [3.8, 4) is 0 Å². The molecule has 2 aromatic heterocycles. The SMILES string of the molecule is CC(=O)N1CCN(c2nc(NCC(C)C)c3[nH]c(Br)nc3n2)CC1. The number of nitrogens with one attached hydrogen (secondary N) is 2. The second-order valence-electron chi connectivity index (χ2n) is 6.37. The summed E-state index contributed by atoms with van der Waals surface area (Å²) in [5, 5.41) is 3.37. The van der Waals surface area contributed by atoms with Crippen LogP contribution in [-0.2, 0) is 4.79 Å². The third-order valence-electron chi connectivity index (χ3n) is 4.00. The lowest BCUT2D eigenvalue weighted by Crippen LogP contribution is -2.48. The second-order valence-corrected chi connectivity index (χ2v) is 7.12. The van der Waals surface area contributed by atoms with Crippen LogP contribution < -0.4 is 10.2 Å². The van der Waals surface area contributed by atoms with Crippen molar-refractivity contribution in [3.63, 3.8) is 0 Å². The molecule has 0 spiro atoms. The van der Waals surface area contributed by atoms with Gasteiger partial charge in [-0.15, -0.1) is 0 Å². The maximum absolute atomic E-state index is 11.5. The molecule has 1 amide bonds. The fourth-order valence-electron chi connectivity index (χ4n) is 2.65. The molecule has 0 radical (unpaired) electrons. The predicted octanol–water partition coefficient (Wildman–Crippen LogP) is 1.85. The second kappa shape index (κ2) is 6.92. The molecule has 130 valence electrons. The number of hydrogen-bond donors (Lipinski definition) is 2. The Morgan fingerprint density at radius 2 is 1.96 bits per heavy atom. The smallest absolute Gasteiger partial charge is 0.229 e. The topological polar surface area (TPSA) is 90.0 Å². The highest BCUT2D eigenvalue weighted by Crippen LogP contribution is 2.24. The average molecular weight is 396 g/mol. The van der Waals surface area contributed by atoms with Crippen molar-refractivity contribution >= 4 is 44.8 Å². The molecule has 2 aromatic rings. The molecule has 3 rings (SSSR count). The molecule has 0 aliphatic carbocycles. The first-order valence-corrected chi connectivity index (χ1v) is 8.91. The van der Waals surface area contributed by atoms with E-state index in [2.05, 4.69) is 59.9 Å². The van der Waals surface area contributed by atoms with Crippen LogP contribution in [0.4, 0.5) is 11.8 Å². The Balaban J connectivity index is 1.87. The largest absolute Gasteiger partial charge is 0.368 e. The normalized spacial score (nSPS) is 15.4. The van der Waals surface area contributed by atoms with Gasteiger partial charge >= 0.3 is 0 Å². The van der Waals surface area contributed by atoms with Gasteiger partial charge in [0, 0.05) is 39.6 Å². The van der Waals surface area contributed by atoms with Crippen molar-refractivity contribution in [1.29, 1.82) is 0 Å². The molecule has 2 N–H and O–H groups in total. The molecular weight excluding hydrogens is 374 g/mol. The molecule has 0 bridgehead atoms. The monoisotopic (exact) mass is 395 g/mol. The van der Waals surface area contributed by atoms with Crippen LogP contribution in [0.5, 0.6) is 0 Å². The fourth-order valence-corrected chi connectivity index (χ4v) is 3.02. The number of H-pyrrole nitrogens is 1. The van der Waals surface area contributed by atoms with Gasteiger partial charge in [0.15, 0.2) is 16.2 Å². The number of carbonyl (C=O) groups excluding carboxylic acids is 1. The number of fused-ring (bicyclic) bond motifs is 1. The van der Waals surface area contributed by atoms with Crippen molar-refractivity contribution in [2.45, 2.75) is 20.8 Å². The van der Waals surface area contributed by atoms with Crippen LogP contribution in [0.25, 0.3) is 11.2 Å². The average Bonchev–Trinajstić information content (AvgIpc) is 2.92. The summed E-state index contributed by atoms with van der Waals surface area (Å²) in [4.78, 5) is 32.2. The Bertz CT molecular complexity index is 737. The van der Waals surface area contributed by atoms with Crippen LogP contribution in [0, 0.1) is 5.92 Å². The highest BCUT2D eigenvalue weighted by atomic mass is 79.9. The Labute approximate surface area is 149 Å². The van der Waals surface area contributed by atoms with Gasteiger partial charge in [0.2, 0.25) is 11.9 Å². The van der Waals surface area contributed by atoms with Crippen LogP contribution in [0.15, 0.2) is 4.73 Å². The Morgan fingerprint density at radius 1 is 1.25 bits per heavy atom. The van der Waals surface area contributed by atoms with E-state index in [0.29, 0.717) is 35.3 Å². The first-order valence-electron chi connectivity index (χ1n) is 8.11. The highest BCUT2D eigenvalue weighted by Gasteiger charge is 2.22. The van der Waals surface area contributed by atoms with E-state index in [1.165, 1.54) is 0 Å². The number of halogens is 1. The standard InChI is InChI=1S/C15H22BrN7O/c1-9(2)8-17-12-11-13(19-14(16)18-11)21-15(20-12)23-6-4-22(5-7-23)10(3)24/h9H,4-8H2,1-3H3,(H2,17,18,19,20,21). The van der Waals surface area contributed by atoms with Gasteiger partial charge in [0.25, 0.3) is 0 Å². The zero-order valence-electron chi connectivity index (χ0n) is 14.1. The molecule has 0 saturated carbocycles. The molecule has 0 aromatic carbocycles. The van der Waals surface area contributed by atoms with E-state index in [4.69, 9.17) is 0 Å². The molecule has 1 aliphatic heterocycles. The minimum absolute atomic E-state index is 0.113. The number of carbonyl (C=O) groups is 1. The number of imidazole rings is 1. The predicted molar refractivity (Wildman–Crippen MR) is 97.2 cm³/mol. The minimum Gasteiger partial charge on any atom is -0.368 e. The summed E-state index contributed by atoms with van der Waals surface area (Å²) < 4.78 is 0.637. The van der Waals surface area contributed by atoms with Gasteiger partial charge in [-0.1, -0.05) is 13.8 Å². The number of nitrogens with zero attached hydrogens (tertiary/aromatic N) is 5. The number of hydrogen-bond acceptors (Lipinski definition) is 6. The summed E-state index contributed by atoms with van der Waals surface area (Å²) >= 11 is 3.36. The van der Waals surface area contributed by atoms with E-state index in [-0.39, 0.29) is 5.91 Å². The van der Waals surface area contributed by atoms with Gasteiger partial charge in [0.05, 0.1) is 0 Å². The molecule has 1 saturated heterocycles. The van der Waals surface area contributed by atoms with Crippen LogP contribution in [0.2, 0.25) is 0 Å². The van der Waals surface area contributed by atoms with E-state index in [9.17, 15) is 4.79 Å². The lowest BCUT2D eigenvalue weighted by Gasteiger charge is -2.34. The fraction of sp³-hybridized carbons (Fsp3) is 0.600. The summed E-state index contributed by atoms with van der Waals surface area (Å²) in [6.07, 6.45) is 0. The quantitative estimate of drug-likeness (QED) is 0.767.